The Morgan fingerprint density at radius 1 is 1.28 bits per heavy atom. The predicted octanol–water partition coefficient (Wildman–Crippen LogP) is 1.72. The fourth-order valence-corrected chi connectivity index (χ4v) is 2.69. The van der Waals surface area contributed by atoms with E-state index in [1.807, 2.05) is 6.20 Å². The second-order valence-corrected chi connectivity index (χ2v) is 5.14. The zero-order valence-electron chi connectivity index (χ0n) is 11.7. The number of nitrogens with one attached hydrogen (secondary N) is 1. The summed E-state index contributed by atoms with van der Waals surface area (Å²) in [6.45, 7) is 11.2. The van der Waals surface area contributed by atoms with Crippen molar-refractivity contribution in [2.24, 2.45) is 5.92 Å². The van der Waals surface area contributed by atoms with Gasteiger partial charge in [0.2, 0.25) is 0 Å². The molecular formula is C14H26N4. The summed E-state index contributed by atoms with van der Waals surface area (Å²) in [7, 11) is 0. The molecule has 102 valence electrons. The molecule has 1 aliphatic rings. The molecule has 1 fully saturated rings. The van der Waals surface area contributed by atoms with E-state index < -0.39 is 0 Å². The highest BCUT2D eigenvalue weighted by molar-refractivity contribution is 4.91. The molecule has 0 aromatic carbocycles. The molecule has 0 saturated carbocycles. The Kier molecular flexibility index (Phi) is 5.20. The van der Waals surface area contributed by atoms with Crippen molar-refractivity contribution >= 4 is 0 Å². The van der Waals surface area contributed by atoms with Crippen molar-refractivity contribution in [3.8, 4) is 0 Å². The highest BCUT2D eigenvalue weighted by Gasteiger charge is 2.17. The molecule has 0 aliphatic carbocycles. The standard InChI is InChI=1S/C14H26N4/c1-3-17-8-5-13(6-9-17)11-15-12-14-16-7-10-18(14)4-2/h7,10,13,15H,3-6,8-9,11-12H2,1-2H3. The van der Waals surface area contributed by atoms with Gasteiger partial charge in [-0.2, -0.15) is 0 Å². The van der Waals surface area contributed by atoms with E-state index in [9.17, 15) is 0 Å². The maximum absolute atomic E-state index is 4.39. The Labute approximate surface area is 110 Å². The number of likely N-dealkylation sites (tertiary alicyclic amines) is 1. The van der Waals surface area contributed by atoms with E-state index in [1.165, 1.54) is 32.5 Å². The average molecular weight is 250 g/mol. The Balaban J connectivity index is 1.67. The molecule has 1 aromatic rings. The zero-order valence-corrected chi connectivity index (χ0v) is 11.7. The Morgan fingerprint density at radius 3 is 2.72 bits per heavy atom. The van der Waals surface area contributed by atoms with Gasteiger partial charge in [0.25, 0.3) is 0 Å². The molecule has 1 saturated heterocycles. The van der Waals surface area contributed by atoms with Crippen LogP contribution in [0, 0.1) is 5.92 Å². The van der Waals surface area contributed by atoms with E-state index in [4.69, 9.17) is 0 Å². The van der Waals surface area contributed by atoms with Crippen LogP contribution in [0.1, 0.15) is 32.5 Å². The second kappa shape index (κ2) is 6.90. The summed E-state index contributed by atoms with van der Waals surface area (Å²) in [4.78, 5) is 6.93. The summed E-state index contributed by atoms with van der Waals surface area (Å²) in [6, 6.07) is 0. The van der Waals surface area contributed by atoms with Crippen LogP contribution in [0.5, 0.6) is 0 Å². The van der Waals surface area contributed by atoms with Gasteiger partial charge in [-0.1, -0.05) is 6.92 Å². The molecule has 1 N–H and O–H groups in total. The van der Waals surface area contributed by atoms with Crippen LogP contribution < -0.4 is 5.32 Å². The summed E-state index contributed by atoms with van der Waals surface area (Å²) < 4.78 is 2.20. The van der Waals surface area contributed by atoms with Gasteiger partial charge in [-0.3, -0.25) is 0 Å². The normalized spacial score (nSPS) is 18.3. The van der Waals surface area contributed by atoms with Gasteiger partial charge in [0, 0.05) is 18.9 Å². The first-order valence-electron chi connectivity index (χ1n) is 7.26. The van der Waals surface area contributed by atoms with Crippen molar-refractivity contribution in [1.29, 1.82) is 0 Å². The van der Waals surface area contributed by atoms with E-state index in [1.54, 1.807) is 0 Å². The average Bonchev–Trinajstić information content (AvgIpc) is 2.87. The quantitative estimate of drug-likeness (QED) is 0.834. The van der Waals surface area contributed by atoms with E-state index in [0.717, 1.165) is 31.4 Å². The molecule has 2 heterocycles. The van der Waals surface area contributed by atoms with Crippen LogP contribution in [0.3, 0.4) is 0 Å². The van der Waals surface area contributed by atoms with Crippen LogP contribution in [0.4, 0.5) is 0 Å². The van der Waals surface area contributed by atoms with Crippen LogP contribution in [0.25, 0.3) is 0 Å². The van der Waals surface area contributed by atoms with E-state index in [-0.39, 0.29) is 0 Å². The lowest BCUT2D eigenvalue weighted by molar-refractivity contribution is 0.190. The molecule has 1 aliphatic heterocycles. The Morgan fingerprint density at radius 2 is 2.06 bits per heavy atom. The number of imidazole rings is 1. The lowest BCUT2D eigenvalue weighted by Crippen LogP contribution is -2.37. The van der Waals surface area contributed by atoms with Crippen LogP contribution >= 0.6 is 0 Å². The maximum Gasteiger partial charge on any atom is 0.122 e. The molecule has 2 rings (SSSR count). The molecule has 0 spiro atoms. The largest absolute Gasteiger partial charge is 0.334 e. The molecule has 18 heavy (non-hydrogen) atoms. The van der Waals surface area contributed by atoms with Gasteiger partial charge in [0.15, 0.2) is 0 Å². The van der Waals surface area contributed by atoms with Crippen LogP contribution in [0.2, 0.25) is 0 Å². The second-order valence-electron chi connectivity index (χ2n) is 5.14. The van der Waals surface area contributed by atoms with Gasteiger partial charge in [-0.25, -0.2) is 4.98 Å². The van der Waals surface area contributed by atoms with Crippen molar-refractivity contribution in [3.05, 3.63) is 18.2 Å². The van der Waals surface area contributed by atoms with Gasteiger partial charge in [0.1, 0.15) is 5.82 Å². The molecule has 0 radical (unpaired) electrons. The number of hydrogen-bond acceptors (Lipinski definition) is 3. The summed E-state index contributed by atoms with van der Waals surface area (Å²) in [5, 5.41) is 3.56. The summed E-state index contributed by atoms with van der Waals surface area (Å²) >= 11 is 0. The first-order valence-corrected chi connectivity index (χ1v) is 7.26. The molecular weight excluding hydrogens is 224 g/mol. The van der Waals surface area contributed by atoms with Crippen molar-refractivity contribution < 1.29 is 0 Å². The van der Waals surface area contributed by atoms with Gasteiger partial charge < -0.3 is 14.8 Å². The first kappa shape index (κ1) is 13.6. The lowest BCUT2D eigenvalue weighted by atomic mass is 9.97. The fourth-order valence-electron chi connectivity index (χ4n) is 2.69. The summed E-state index contributed by atoms with van der Waals surface area (Å²) in [5.41, 5.74) is 0. The lowest BCUT2D eigenvalue weighted by Gasteiger charge is -2.31. The van der Waals surface area contributed by atoms with Crippen LogP contribution in [-0.4, -0.2) is 40.6 Å². The molecule has 4 nitrogen and oxygen atoms in total. The predicted molar refractivity (Wildman–Crippen MR) is 74.4 cm³/mol. The topological polar surface area (TPSA) is 33.1 Å². The molecule has 4 heteroatoms. The minimum absolute atomic E-state index is 0.845. The number of nitrogens with zero attached hydrogens (tertiary/aromatic N) is 3. The van der Waals surface area contributed by atoms with Gasteiger partial charge in [-0.15, -0.1) is 0 Å². The smallest absolute Gasteiger partial charge is 0.122 e. The monoisotopic (exact) mass is 250 g/mol. The fraction of sp³-hybridized carbons (Fsp3) is 0.786. The van der Waals surface area contributed by atoms with E-state index >= 15 is 0 Å². The van der Waals surface area contributed by atoms with Crippen LogP contribution in [0.15, 0.2) is 12.4 Å². The molecule has 0 bridgehead atoms. The molecule has 1 aromatic heterocycles. The molecule has 0 unspecified atom stereocenters. The highest BCUT2D eigenvalue weighted by Crippen LogP contribution is 2.15. The van der Waals surface area contributed by atoms with Crippen molar-refractivity contribution in [2.75, 3.05) is 26.2 Å². The minimum Gasteiger partial charge on any atom is -0.334 e. The number of aryl methyl sites for hydroxylation is 1. The van der Waals surface area contributed by atoms with Gasteiger partial charge >= 0.3 is 0 Å². The third kappa shape index (κ3) is 3.56. The number of aromatic nitrogens is 2. The number of hydrogen-bond donors (Lipinski definition) is 1. The Bertz CT molecular complexity index is 339. The summed E-state index contributed by atoms with van der Waals surface area (Å²) in [6.07, 6.45) is 6.61. The van der Waals surface area contributed by atoms with E-state index in [2.05, 4.69) is 39.8 Å². The van der Waals surface area contributed by atoms with Gasteiger partial charge in [0.05, 0.1) is 6.54 Å². The molecule has 0 atom stereocenters. The van der Waals surface area contributed by atoms with Crippen LogP contribution in [-0.2, 0) is 13.1 Å². The molecule has 0 amide bonds. The van der Waals surface area contributed by atoms with Crippen molar-refractivity contribution in [3.63, 3.8) is 0 Å². The minimum atomic E-state index is 0.845. The maximum atomic E-state index is 4.39. The number of piperidine rings is 1. The zero-order chi connectivity index (χ0) is 12.8. The number of rotatable bonds is 6. The van der Waals surface area contributed by atoms with Crippen molar-refractivity contribution in [1.82, 2.24) is 19.8 Å². The SMILES string of the molecule is CCN1CCC(CNCc2nccn2CC)CC1. The Hall–Kier alpha value is -0.870. The third-order valence-corrected chi connectivity index (χ3v) is 4.01. The van der Waals surface area contributed by atoms with Gasteiger partial charge in [-0.05, 0) is 51.9 Å². The van der Waals surface area contributed by atoms with E-state index in [0.29, 0.717) is 0 Å². The first-order chi connectivity index (χ1) is 8.83. The highest BCUT2D eigenvalue weighted by atomic mass is 15.1. The van der Waals surface area contributed by atoms with Crippen molar-refractivity contribution in [2.45, 2.75) is 39.8 Å². The summed E-state index contributed by atoms with van der Waals surface area (Å²) in [5.74, 6) is 2.00. The third-order valence-electron chi connectivity index (χ3n) is 4.01.